The molecule has 0 aliphatic heterocycles. The van der Waals surface area contributed by atoms with Crippen molar-refractivity contribution < 1.29 is 5.11 Å². The van der Waals surface area contributed by atoms with E-state index in [4.69, 9.17) is 5.11 Å². The normalized spacial score (nSPS) is 10.4. The summed E-state index contributed by atoms with van der Waals surface area (Å²) in [7, 11) is 0. The van der Waals surface area contributed by atoms with Crippen molar-refractivity contribution >= 4 is 5.82 Å². The van der Waals surface area contributed by atoms with Crippen LogP contribution in [-0.2, 0) is 6.54 Å². The topological polar surface area (TPSA) is 41.3 Å². The highest BCUT2D eigenvalue weighted by molar-refractivity contribution is 5.37. The second-order valence-corrected chi connectivity index (χ2v) is 2.81. The summed E-state index contributed by atoms with van der Waals surface area (Å²) in [6, 6.07) is 1.97. The molecule has 1 rings (SSSR count). The Morgan fingerprint density at radius 1 is 1.46 bits per heavy atom. The SMILES string of the molecule is CCN(CC)c1ccnn1CCO. The third-order valence-corrected chi connectivity index (χ3v) is 2.09. The lowest BCUT2D eigenvalue weighted by Crippen LogP contribution is -2.25. The van der Waals surface area contributed by atoms with Crippen molar-refractivity contribution in [1.29, 1.82) is 0 Å². The van der Waals surface area contributed by atoms with Crippen molar-refractivity contribution in [3.63, 3.8) is 0 Å². The van der Waals surface area contributed by atoms with Crippen molar-refractivity contribution in [2.75, 3.05) is 24.6 Å². The molecule has 0 radical (unpaired) electrons. The molecule has 0 spiro atoms. The van der Waals surface area contributed by atoms with Crippen LogP contribution < -0.4 is 4.90 Å². The Kier molecular flexibility index (Phi) is 3.76. The van der Waals surface area contributed by atoms with Crippen molar-refractivity contribution in [2.45, 2.75) is 20.4 Å². The molecule has 1 aromatic rings. The molecule has 0 saturated heterocycles. The first-order chi connectivity index (χ1) is 6.33. The summed E-state index contributed by atoms with van der Waals surface area (Å²) in [6.07, 6.45) is 1.77. The molecule has 1 heterocycles. The van der Waals surface area contributed by atoms with E-state index < -0.39 is 0 Å². The van der Waals surface area contributed by atoms with Gasteiger partial charge in [-0.2, -0.15) is 5.10 Å². The molecule has 0 aromatic carbocycles. The van der Waals surface area contributed by atoms with Crippen LogP contribution in [0.2, 0.25) is 0 Å². The Hall–Kier alpha value is -1.03. The fourth-order valence-electron chi connectivity index (χ4n) is 1.41. The van der Waals surface area contributed by atoms with Crippen LogP contribution in [0.4, 0.5) is 5.82 Å². The van der Waals surface area contributed by atoms with Gasteiger partial charge < -0.3 is 10.0 Å². The van der Waals surface area contributed by atoms with E-state index in [1.807, 2.05) is 10.7 Å². The predicted molar refractivity (Wildman–Crippen MR) is 52.9 cm³/mol. The van der Waals surface area contributed by atoms with Crippen LogP contribution in [0, 0.1) is 0 Å². The van der Waals surface area contributed by atoms with Crippen molar-refractivity contribution in [3.05, 3.63) is 12.3 Å². The maximum Gasteiger partial charge on any atom is 0.126 e. The Labute approximate surface area is 78.8 Å². The third-order valence-electron chi connectivity index (χ3n) is 2.09. The minimum Gasteiger partial charge on any atom is -0.394 e. The molecule has 0 fully saturated rings. The van der Waals surface area contributed by atoms with E-state index in [0.717, 1.165) is 18.9 Å². The van der Waals surface area contributed by atoms with Gasteiger partial charge in [-0.25, -0.2) is 4.68 Å². The quantitative estimate of drug-likeness (QED) is 0.731. The van der Waals surface area contributed by atoms with Crippen molar-refractivity contribution in [2.24, 2.45) is 0 Å². The number of hydrogen-bond acceptors (Lipinski definition) is 3. The van der Waals surface area contributed by atoms with E-state index in [1.54, 1.807) is 6.20 Å². The van der Waals surface area contributed by atoms with Gasteiger partial charge in [0.15, 0.2) is 0 Å². The van der Waals surface area contributed by atoms with E-state index in [1.165, 1.54) is 0 Å². The minimum absolute atomic E-state index is 0.135. The summed E-state index contributed by atoms with van der Waals surface area (Å²) in [5.41, 5.74) is 0. The number of aromatic nitrogens is 2. The standard InChI is InChI=1S/C9H17N3O/c1-3-11(4-2)9-5-6-10-12(9)7-8-13/h5-6,13H,3-4,7-8H2,1-2H3. The zero-order chi connectivity index (χ0) is 9.68. The summed E-state index contributed by atoms with van der Waals surface area (Å²) in [6.45, 7) is 6.86. The highest BCUT2D eigenvalue weighted by Gasteiger charge is 2.06. The van der Waals surface area contributed by atoms with Crippen LogP contribution in [0.5, 0.6) is 0 Å². The summed E-state index contributed by atoms with van der Waals surface area (Å²) >= 11 is 0. The van der Waals surface area contributed by atoms with Gasteiger partial charge in [0, 0.05) is 19.2 Å². The number of anilines is 1. The molecule has 1 N–H and O–H groups in total. The lowest BCUT2D eigenvalue weighted by Gasteiger charge is -2.21. The maximum atomic E-state index is 8.81. The molecule has 0 unspecified atom stereocenters. The molecule has 0 amide bonds. The monoisotopic (exact) mass is 183 g/mol. The fourth-order valence-corrected chi connectivity index (χ4v) is 1.41. The first kappa shape index (κ1) is 10.1. The Balaban J connectivity index is 2.78. The van der Waals surface area contributed by atoms with E-state index in [0.29, 0.717) is 6.54 Å². The summed E-state index contributed by atoms with van der Waals surface area (Å²) < 4.78 is 1.83. The van der Waals surface area contributed by atoms with Gasteiger partial charge in [-0.3, -0.25) is 0 Å². The van der Waals surface area contributed by atoms with E-state index in [-0.39, 0.29) is 6.61 Å². The first-order valence-electron chi connectivity index (χ1n) is 4.71. The van der Waals surface area contributed by atoms with Crippen LogP contribution in [0.25, 0.3) is 0 Å². The second kappa shape index (κ2) is 4.87. The minimum atomic E-state index is 0.135. The van der Waals surface area contributed by atoms with Crippen molar-refractivity contribution in [1.82, 2.24) is 9.78 Å². The van der Waals surface area contributed by atoms with Crippen LogP contribution in [0.15, 0.2) is 12.3 Å². The molecule has 13 heavy (non-hydrogen) atoms. The molecule has 74 valence electrons. The number of rotatable bonds is 5. The Morgan fingerprint density at radius 2 is 2.15 bits per heavy atom. The lowest BCUT2D eigenvalue weighted by atomic mass is 10.4. The van der Waals surface area contributed by atoms with E-state index in [9.17, 15) is 0 Å². The van der Waals surface area contributed by atoms with Crippen LogP contribution in [-0.4, -0.2) is 34.6 Å². The maximum absolute atomic E-state index is 8.81. The zero-order valence-electron chi connectivity index (χ0n) is 8.27. The molecule has 0 atom stereocenters. The largest absolute Gasteiger partial charge is 0.394 e. The molecular weight excluding hydrogens is 166 g/mol. The number of aliphatic hydroxyl groups is 1. The van der Waals surface area contributed by atoms with Crippen LogP contribution in [0.1, 0.15) is 13.8 Å². The van der Waals surface area contributed by atoms with Crippen LogP contribution in [0.3, 0.4) is 0 Å². The van der Waals surface area contributed by atoms with Gasteiger partial charge in [-0.15, -0.1) is 0 Å². The van der Waals surface area contributed by atoms with Gasteiger partial charge in [0.05, 0.1) is 19.3 Å². The fraction of sp³-hybridized carbons (Fsp3) is 0.667. The third kappa shape index (κ3) is 2.21. The Morgan fingerprint density at radius 3 is 2.69 bits per heavy atom. The molecule has 0 bridgehead atoms. The molecule has 4 nitrogen and oxygen atoms in total. The van der Waals surface area contributed by atoms with Gasteiger partial charge in [-0.1, -0.05) is 0 Å². The van der Waals surface area contributed by atoms with Gasteiger partial charge in [0.2, 0.25) is 0 Å². The average molecular weight is 183 g/mol. The Bertz CT molecular complexity index is 243. The molecule has 0 aliphatic carbocycles. The van der Waals surface area contributed by atoms with Gasteiger partial charge >= 0.3 is 0 Å². The number of hydrogen-bond donors (Lipinski definition) is 1. The van der Waals surface area contributed by atoms with Crippen LogP contribution >= 0.6 is 0 Å². The molecule has 0 aliphatic rings. The molecule has 4 heteroatoms. The summed E-state index contributed by atoms with van der Waals surface area (Å²) in [4.78, 5) is 2.21. The van der Waals surface area contributed by atoms with Gasteiger partial charge in [0.25, 0.3) is 0 Å². The highest BCUT2D eigenvalue weighted by Crippen LogP contribution is 2.12. The van der Waals surface area contributed by atoms with E-state index >= 15 is 0 Å². The predicted octanol–water partition coefficient (Wildman–Crippen LogP) is 0.722. The smallest absolute Gasteiger partial charge is 0.126 e. The number of aliphatic hydroxyl groups excluding tert-OH is 1. The van der Waals surface area contributed by atoms with Crippen molar-refractivity contribution in [3.8, 4) is 0 Å². The second-order valence-electron chi connectivity index (χ2n) is 2.81. The molecular formula is C9H17N3O. The summed E-state index contributed by atoms with van der Waals surface area (Å²) in [5, 5.41) is 12.9. The van der Waals surface area contributed by atoms with Gasteiger partial charge in [-0.05, 0) is 13.8 Å². The molecule has 1 aromatic heterocycles. The average Bonchev–Trinajstić information content (AvgIpc) is 2.57. The van der Waals surface area contributed by atoms with Gasteiger partial charge in [0.1, 0.15) is 5.82 Å². The van der Waals surface area contributed by atoms with E-state index in [2.05, 4.69) is 23.8 Å². The highest BCUT2D eigenvalue weighted by atomic mass is 16.3. The lowest BCUT2D eigenvalue weighted by molar-refractivity contribution is 0.269. The zero-order valence-corrected chi connectivity index (χ0v) is 8.27. The number of nitrogens with zero attached hydrogens (tertiary/aromatic N) is 3. The molecule has 0 saturated carbocycles. The summed E-state index contributed by atoms with van der Waals surface area (Å²) in [5.74, 6) is 1.08. The first-order valence-corrected chi connectivity index (χ1v) is 4.71.